The van der Waals surface area contributed by atoms with Gasteiger partial charge in [-0.2, -0.15) is 0 Å². The van der Waals surface area contributed by atoms with Crippen molar-refractivity contribution < 1.29 is 9.47 Å². The highest BCUT2D eigenvalue weighted by atomic mass is 16.5. The van der Waals surface area contributed by atoms with Crippen molar-refractivity contribution in [3.63, 3.8) is 0 Å². The first kappa shape index (κ1) is 15.4. The first-order valence-corrected chi connectivity index (χ1v) is 7.43. The van der Waals surface area contributed by atoms with Crippen molar-refractivity contribution in [2.24, 2.45) is 5.73 Å². The van der Waals surface area contributed by atoms with Crippen molar-refractivity contribution in [3.05, 3.63) is 60.2 Å². The van der Waals surface area contributed by atoms with E-state index in [9.17, 15) is 0 Å². The van der Waals surface area contributed by atoms with Crippen LogP contribution in [0.3, 0.4) is 0 Å². The van der Waals surface area contributed by atoms with Crippen molar-refractivity contribution >= 4 is 0 Å². The van der Waals surface area contributed by atoms with Gasteiger partial charge in [0.05, 0.1) is 0 Å². The van der Waals surface area contributed by atoms with Crippen LogP contribution in [0.2, 0.25) is 0 Å². The monoisotopic (exact) mass is 285 g/mol. The van der Waals surface area contributed by atoms with Gasteiger partial charge in [0.15, 0.2) is 0 Å². The predicted molar refractivity (Wildman–Crippen MR) is 85.8 cm³/mol. The summed E-state index contributed by atoms with van der Waals surface area (Å²) in [5.74, 6) is 1.73. The summed E-state index contributed by atoms with van der Waals surface area (Å²) >= 11 is 0. The Kier molecular flexibility index (Phi) is 6.10. The van der Waals surface area contributed by atoms with E-state index in [0.29, 0.717) is 13.2 Å². The Balaban J connectivity index is 1.76. The summed E-state index contributed by atoms with van der Waals surface area (Å²) in [4.78, 5) is 0. The van der Waals surface area contributed by atoms with Crippen LogP contribution in [0.5, 0.6) is 11.5 Å². The van der Waals surface area contributed by atoms with Gasteiger partial charge in [-0.25, -0.2) is 0 Å². The van der Waals surface area contributed by atoms with E-state index in [0.717, 1.165) is 24.3 Å². The first-order valence-electron chi connectivity index (χ1n) is 7.43. The van der Waals surface area contributed by atoms with Gasteiger partial charge in [-0.05, 0) is 42.7 Å². The van der Waals surface area contributed by atoms with Crippen LogP contribution in [0.25, 0.3) is 0 Å². The zero-order valence-corrected chi connectivity index (χ0v) is 12.5. The smallest absolute Gasteiger partial charge is 0.122 e. The lowest BCUT2D eigenvalue weighted by molar-refractivity contribution is 0.217. The van der Waals surface area contributed by atoms with E-state index in [-0.39, 0.29) is 6.04 Å². The molecule has 0 aliphatic heterocycles. The van der Waals surface area contributed by atoms with Gasteiger partial charge in [0, 0.05) is 6.04 Å². The maximum absolute atomic E-state index is 5.98. The standard InChI is InChI=1S/C18H23NO2/c1-2-16(19)13-15-7-6-10-18(14-15)21-12-11-20-17-8-4-3-5-9-17/h3-10,14,16H,2,11-13,19H2,1H3. The zero-order chi connectivity index (χ0) is 14.9. The molecule has 0 amide bonds. The molecule has 2 N–H and O–H groups in total. The van der Waals surface area contributed by atoms with Gasteiger partial charge in [0.2, 0.25) is 0 Å². The molecule has 21 heavy (non-hydrogen) atoms. The lowest BCUT2D eigenvalue weighted by Crippen LogP contribution is -2.21. The Bertz CT molecular complexity index is 528. The lowest BCUT2D eigenvalue weighted by Gasteiger charge is -2.11. The molecule has 0 aliphatic rings. The summed E-state index contributed by atoms with van der Waals surface area (Å²) in [5, 5.41) is 0. The van der Waals surface area contributed by atoms with Crippen LogP contribution in [-0.4, -0.2) is 19.3 Å². The molecular formula is C18H23NO2. The summed E-state index contributed by atoms with van der Waals surface area (Å²) in [6.07, 6.45) is 1.87. The van der Waals surface area contributed by atoms with Crippen LogP contribution in [0, 0.1) is 0 Å². The molecule has 0 saturated heterocycles. The van der Waals surface area contributed by atoms with Gasteiger partial charge in [-0.1, -0.05) is 37.3 Å². The predicted octanol–water partition coefficient (Wildman–Crippen LogP) is 3.42. The van der Waals surface area contributed by atoms with E-state index in [2.05, 4.69) is 19.1 Å². The lowest BCUT2D eigenvalue weighted by atomic mass is 10.0. The topological polar surface area (TPSA) is 44.5 Å². The number of hydrogen-bond donors (Lipinski definition) is 1. The molecule has 3 heteroatoms. The second-order valence-corrected chi connectivity index (χ2v) is 5.03. The molecule has 1 unspecified atom stereocenters. The number of para-hydroxylation sites is 1. The molecule has 0 fully saturated rings. The number of rotatable bonds is 8. The highest BCUT2D eigenvalue weighted by Crippen LogP contribution is 2.15. The van der Waals surface area contributed by atoms with Crippen molar-refractivity contribution in [1.29, 1.82) is 0 Å². The fourth-order valence-corrected chi connectivity index (χ4v) is 2.05. The fourth-order valence-electron chi connectivity index (χ4n) is 2.05. The number of hydrogen-bond acceptors (Lipinski definition) is 3. The third kappa shape index (κ3) is 5.48. The van der Waals surface area contributed by atoms with Crippen molar-refractivity contribution in [1.82, 2.24) is 0 Å². The summed E-state index contributed by atoms with van der Waals surface area (Å²) in [7, 11) is 0. The quantitative estimate of drug-likeness (QED) is 0.756. The molecule has 0 spiro atoms. The molecule has 1 atom stereocenters. The van der Waals surface area contributed by atoms with E-state index in [1.54, 1.807) is 0 Å². The molecule has 112 valence electrons. The normalized spacial score (nSPS) is 11.9. The second-order valence-electron chi connectivity index (χ2n) is 5.03. The van der Waals surface area contributed by atoms with Crippen LogP contribution in [0.4, 0.5) is 0 Å². The van der Waals surface area contributed by atoms with E-state index in [1.165, 1.54) is 5.56 Å². The van der Waals surface area contributed by atoms with Crippen molar-refractivity contribution in [2.45, 2.75) is 25.8 Å². The summed E-state index contributed by atoms with van der Waals surface area (Å²) in [6.45, 7) is 3.16. The van der Waals surface area contributed by atoms with Gasteiger partial charge in [0.1, 0.15) is 24.7 Å². The molecule has 2 aromatic carbocycles. The van der Waals surface area contributed by atoms with Crippen LogP contribution in [0.15, 0.2) is 54.6 Å². The van der Waals surface area contributed by atoms with Gasteiger partial charge < -0.3 is 15.2 Å². The average molecular weight is 285 g/mol. The second kappa shape index (κ2) is 8.32. The summed E-state index contributed by atoms with van der Waals surface area (Å²) in [5.41, 5.74) is 7.19. The maximum Gasteiger partial charge on any atom is 0.122 e. The van der Waals surface area contributed by atoms with E-state index in [1.807, 2.05) is 42.5 Å². The minimum Gasteiger partial charge on any atom is -0.490 e. The van der Waals surface area contributed by atoms with Crippen LogP contribution < -0.4 is 15.2 Å². The van der Waals surface area contributed by atoms with Gasteiger partial charge in [0.25, 0.3) is 0 Å². The molecule has 2 aromatic rings. The molecule has 0 heterocycles. The Morgan fingerprint density at radius 1 is 0.905 bits per heavy atom. The Morgan fingerprint density at radius 3 is 2.29 bits per heavy atom. The largest absolute Gasteiger partial charge is 0.490 e. The third-order valence-corrected chi connectivity index (χ3v) is 3.28. The Labute approximate surface area is 126 Å². The van der Waals surface area contributed by atoms with Gasteiger partial charge in [-0.3, -0.25) is 0 Å². The van der Waals surface area contributed by atoms with Gasteiger partial charge in [-0.15, -0.1) is 0 Å². The maximum atomic E-state index is 5.98. The molecule has 0 aromatic heterocycles. The number of benzene rings is 2. The Hall–Kier alpha value is -2.00. The summed E-state index contributed by atoms with van der Waals surface area (Å²) in [6, 6.07) is 18.1. The molecule has 3 nitrogen and oxygen atoms in total. The van der Waals surface area contributed by atoms with Crippen LogP contribution >= 0.6 is 0 Å². The Morgan fingerprint density at radius 2 is 1.57 bits per heavy atom. The SMILES string of the molecule is CCC(N)Cc1cccc(OCCOc2ccccc2)c1. The highest BCUT2D eigenvalue weighted by Gasteiger charge is 2.03. The van der Waals surface area contributed by atoms with Crippen molar-refractivity contribution in [3.8, 4) is 11.5 Å². The van der Waals surface area contributed by atoms with E-state index in [4.69, 9.17) is 15.2 Å². The highest BCUT2D eigenvalue weighted by molar-refractivity contribution is 5.29. The third-order valence-electron chi connectivity index (χ3n) is 3.28. The van der Waals surface area contributed by atoms with Gasteiger partial charge >= 0.3 is 0 Å². The summed E-state index contributed by atoms with van der Waals surface area (Å²) < 4.78 is 11.3. The fraction of sp³-hybridized carbons (Fsp3) is 0.333. The molecule has 0 aliphatic carbocycles. The molecule has 0 radical (unpaired) electrons. The van der Waals surface area contributed by atoms with E-state index < -0.39 is 0 Å². The van der Waals surface area contributed by atoms with Crippen LogP contribution in [-0.2, 0) is 6.42 Å². The molecule has 2 rings (SSSR count). The minimum atomic E-state index is 0.210. The number of nitrogens with two attached hydrogens (primary N) is 1. The zero-order valence-electron chi connectivity index (χ0n) is 12.5. The molecular weight excluding hydrogens is 262 g/mol. The van der Waals surface area contributed by atoms with Crippen molar-refractivity contribution in [2.75, 3.05) is 13.2 Å². The van der Waals surface area contributed by atoms with Crippen LogP contribution in [0.1, 0.15) is 18.9 Å². The minimum absolute atomic E-state index is 0.210. The molecule has 0 saturated carbocycles. The van der Waals surface area contributed by atoms with E-state index >= 15 is 0 Å². The molecule has 0 bridgehead atoms. The number of ether oxygens (including phenoxy) is 2. The first-order chi connectivity index (χ1) is 10.3. The average Bonchev–Trinajstić information content (AvgIpc) is 2.53.